The normalized spacial score (nSPS) is 10.4. The molecule has 1 aromatic heterocycles. The highest BCUT2D eigenvalue weighted by molar-refractivity contribution is 5.59. The summed E-state index contributed by atoms with van der Waals surface area (Å²) in [4.78, 5) is 4.41. The second kappa shape index (κ2) is 6.90. The Hall–Kier alpha value is -2.61. The van der Waals surface area contributed by atoms with Crippen LogP contribution in [0, 0.1) is 0 Å². The van der Waals surface area contributed by atoms with E-state index in [4.69, 9.17) is 4.74 Å². The van der Waals surface area contributed by atoms with Crippen LogP contribution in [0.15, 0.2) is 72.9 Å². The molecule has 2 nitrogen and oxygen atoms in total. The number of nitrogens with zero attached hydrogens (tertiary/aromatic N) is 1. The monoisotopic (exact) mass is 289 g/mol. The van der Waals surface area contributed by atoms with Crippen molar-refractivity contribution < 1.29 is 4.74 Å². The van der Waals surface area contributed by atoms with E-state index in [1.54, 1.807) is 7.11 Å². The number of rotatable bonds is 5. The predicted octanol–water partition coefficient (Wildman–Crippen LogP) is 4.54. The second-order valence-electron chi connectivity index (χ2n) is 5.27. The smallest absolute Gasteiger partial charge is 0.119 e. The number of pyridine rings is 1. The van der Waals surface area contributed by atoms with Gasteiger partial charge in [-0.1, -0.05) is 36.4 Å². The van der Waals surface area contributed by atoms with Gasteiger partial charge in [0.15, 0.2) is 0 Å². The molecule has 110 valence electrons. The minimum Gasteiger partial charge on any atom is -0.497 e. The molecule has 0 amide bonds. The van der Waals surface area contributed by atoms with Crippen molar-refractivity contribution in [2.24, 2.45) is 0 Å². The Morgan fingerprint density at radius 3 is 2.32 bits per heavy atom. The van der Waals surface area contributed by atoms with Gasteiger partial charge in [0.25, 0.3) is 0 Å². The summed E-state index contributed by atoms with van der Waals surface area (Å²) < 4.78 is 5.28. The Bertz CT molecular complexity index is 737. The number of methoxy groups -OCH3 is 1. The Balaban J connectivity index is 1.73. The molecule has 0 radical (unpaired) electrons. The number of benzene rings is 2. The Kier molecular flexibility index (Phi) is 4.50. The zero-order valence-electron chi connectivity index (χ0n) is 12.7. The van der Waals surface area contributed by atoms with Crippen LogP contribution in [0.25, 0.3) is 11.3 Å². The van der Waals surface area contributed by atoms with Crippen LogP contribution in [-0.4, -0.2) is 12.1 Å². The lowest BCUT2D eigenvalue weighted by molar-refractivity contribution is 0.414. The molecule has 3 rings (SSSR count). The van der Waals surface area contributed by atoms with Gasteiger partial charge in [0.05, 0.1) is 12.8 Å². The Morgan fingerprint density at radius 2 is 1.59 bits per heavy atom. The molecular formula is C20H19NO. The minimum atomic E-state index is 0.916. The second-order valence-corrected chi connectivity index (χ2v) is 5.27. The largest absolute Gasteiger partial charge is 0.497 e. The maximum absolute atomic E-state index is 5.28. The first-order chi connectivity index (χ1) is 10.8. The molecule has 0 aliphatic carbocycles. The highest BCUT2D eigenvalue weighted by atomic mass is 16.5. The van der Waals surface area contributed by atoms with Gasteiger partial charge < -0.3 is 4.74 Å². The van der Waals surface area contributed by atoms with Crippen LogP contribution in [-0.2, 0) is 12.8 Å². The molecule has 0 saturated heterocycles. The van der Waals surface area contributed by atoms with Crippen molar-refractivity contribution in [3.8, 4) is 17.0 Å². The van der Waals surface area contributed by atoms with E-state index >= 15 is 0 Å². The van der Waals surface area contributed by atoms with Gasteiger partial charge in [-0.25, -0.2) is 0 Å². The summed E-state index contributed by atoms with van der Waals surface area (Å²) >= 11 is 0. The molecule has 0 saturated carbocycles. The summed E-state index contributed by atoms with van der Waals surface area (Å²) in [5.41, 5.74) is 4.81. The first-order valence-electron chi connectivity index (χ1n) is 7.48. The molecule has 1 heterocycles. The summed E-state index contributed by atoms with van der Waals surface area (Å²) in [5, 5.41) is 0. The lowest BCUT2D eigenvalue weighted by atomic mass is 10.0. The van der Waals surface area contributed by atoms with Crippen molar-refractivity contribution in [3.63, 3.8) is 0 Å². The van der Waals surface area contributed by atoms with Gasteiger partial charge in [0.2, 0.25) is 0 Å². The molecule has 0 atom stereocenters. The van der Waals surface area contributed by atoms with E-state index in [-0.39, 0.29) is 0 Å². The zero-order chi connectivity index (χ0) is 15.2. The lowest BCUT2D eigenvalue weighted by Crippen LogP contribution is -1.93. The molecule has 0 aliphatic rings. The summed E-state index contributed by atoms with van der Waals surface area (Å²) in [6.07, 6.45) is 3.84. The maximum atomic E-state index is 5.28. The third-order valence-electron chi connectivity index (χ3n) is 3.72. The topological polar surface area (TPSA) is 22.1 Å². The van der Waals surface area contributed by atoms with Crippen molar-refractivity contribution in [1.29, 1.82) is 0 Å². The third kappa shape index (κ3) is 3.53. The van der Waals surface area contributed by atoms with Crippen molar-refractivity contribution in [2.75, 3.05) is 7.11 Å². The summed E-state index contributed by atoms with van der Waals surface area (Å²) in [5.74, 6) is 0.916. The van der Waals surface area contributed by atoms with E-state index in [0.717, 1.165) is 24.3 Å². The molecule has 2 heteroatoms. The van der Waals surface area contributed by atoms with Crippen LogP contribution in [0.3, 0.4) is 0 Å². The average molecular weight is 289 g/mol. The molecule has 0 spiro atoms. The number of ether oxygens (including phenoxy) is 1. The fourth-order valence-electron chi connectivity index (χ4n) is 2.54. The SMILES string of the molecule is COc1cccc(CCc2cccc(-c3ccccn3)c2)c1. The van der Waals surface area contributed by atoms with Crippen molar-refractivity contribution >= 4 is 0 Å². The molecule has 0 N–H and O–H groups in total. The molecule has 0 unspecified atom stereocenters. The Labute approximate surface area is 131 Å². The fourth-order valence-corrected chi connectivity index (χ4v) is 2.54. The van der Waals surface area contributed by atoms with Crippen LogP contribution >= 0.6 is 0 Å². The molecule has 0 fully saturated rings. The Morgan fingerprint density at radius 1 is 0.818 bits per heavy atom. The third-order valence-corrected chi connectivity index (χ3v) is 3.72. The van der Waals surface area contributed by atoms with Gasteiger partial charge >= 0.3 is 0 Å². The molecule has 3 aromatic rings. The quantitative estimate of drug-likeness (QED) is 0.688. The van der Waals surface area contributed by atoms with E-state index < -0.39 is 0 Å². The average Bonchev–Trinajstić information content (AvgIpc) is 2.61. The molecule has 2 aromatic carbocycles. The fraction of sp³-hybridized carbons (Fsp3) is 0.150. The molecule has 22 heavy (non-hydrogen) atoms. The van der Waals surface area contributed by atoms with Crippen molar-refractivity contribution in [2.45, 2.75) is 12.8 Å². The van der Waals surface area contributed by atoms with Gasteiger partial charge in [0.1, 0.15) is 5.75 Å². The van der Waals surface area contributed by atoms with Crippen LogP contribution in [0.5, 0.6) is 5.75 Å². The van der Waals surface area contributed by atoms with Crippen LogP contribution in [0.2, 0.25) is 0 Å². The van der Waals surface area contributed by atoms with Gasteiger partial charge in [-0.05, 0) is 54.3 Å². The highest BCUT2D eigenvalue weighted by Gasteiger charge is 2.02. The number of aromatic nitrogens is 1. The van der Waals surface area contributed by atoms with E-state index in [1.165, 1.54) is 16.7 Å². The molecule has 0 bridgehead atoms. The number of hydrogen-bond acceptors (Lipinski definition) is 2. The van der Waals surface area contributed by atoms with E-state index in [2.05, 4.69) is 41.4 Å². The maximum Gasteiger partial charge on any atom is 0.119 e. The predicted molar refractivity (Wildman–Crippen MR) is 90.1 cm³/mol. The van der Waals surface area contributed by atoms with Crippen molar-refractivity contribution in [1.82, 2.24) is 4.98 Å². The molecule has 0 aliphatic heterocycles. The summed E-state index contributed by atoms with van der Waals surface area (Å²) in [7, 11) is 1.70. The van der Waals surface area contributed by atoms with E-state index in [1.807, 2.05) is 36.5 Å². The zero-order valence-corrected chi connectivity index (χ0v) is 12.7. The van der Waals surface area contributed by atoms with E-state index in [9.17, 15) is 0 Å². The lowest BCUT2D eigenvalue weighted by Gasteiger charge is -2.07. The van der Waals surface area contributed by atoms with Gasteiger partial charge in [-0.15, -0.1) is 0 Å². The first-order valence-corrected chi connectivity index (χ1v) is 7.48. The van der Waals surface area contributed by atoms with Crippen molar-refractivity contribution in [3.05, 3.63) is 84.1 Å². The molecular weight excluding hydrogens is 270 g/mol. The van der Waals surface area contributed by atoms with Gasteiger partial charge in [-0.3, -0.25) is 4.98 Å². The van der Waals surface area contributed by atoms with Gasteiger partial charge in [-0.2, -0.15) is 0 Å². The number of hydrogen-bond donors (Lipinski definition) is 0. The van der Waals surface area contributed by atoms with E-state index in [0.29, 0.717) is 0 Å². The first kappa shape index (κ1) is 14.3. The number of aryl methyl sites for hydroxylation is 2. The standard InChI is InChI=1S/C20H19NO/c1-22-19-9-5-7-17(15-19)12-11-16-6-4-8-18(14-16)20-10-2-3-13-21-20/h2-10,13-15H,11-12H2,1H3. The van der Waals surface area contributed by atoms with Crippen LogP contribution in [0.4, 0.5) is 0 Å². The summed E-state index contributed by atoms with van der Waals surface area (Å²) in [6.45, 7) is 0. The minimum absolute atomic E-state index is 0.916. The van der Waals surface area contributed by atoms with Gasteiger partial charge in [0, 0.05) is 11.8 Å². The summed E-state index contributed by atoms with van der Waals surface area (Å²) in [6, 6.07) is 22.9. The van der Waals surface area contributed by atoms with Crippen LogP contribution < -0.4 is 4.74 Å². The highest BCUT2D eigenvalue weighted by Crippen LogP contribution is 2.19. The van der Waals surface area contributed by atoms with Crippen LogP contribution in [0.1, 0.15) is 11.1 Å².